The van der Waals surface area contributed by atoms with Crippen molar-refractivity contribution in [2.45, 2.75) is 38.6 Å². The fourth-order valence-corrected chi connectivity index (χ4v) is 3.90. The Kier molecular flexibility index (Phi) is 5.34. The Bertz CT molecular complexity index is 1010. The molecule has 0 spiro atoms. The Morgan fingerprint density at radius 2 is 1.90 bits per heavy atom. The van der Waals surface area contributed by atoms with Gasteiger partial charge in [-0.05, 0) is 67.6 Å². The van der Waals surface area contributed by atoms with E-state index in [4.69, 9.17) is 4.74 Å². The number of fused-ring (bicyclic) bond motifs is 1. The van der Waals surface area contributed by atoms with E-state index in [1.165, 1.54) is 12.1 Å². The highest BCUT2D eigenvalue weighted by molar-refractivity contribution is 5.94. The number of methoxy groups -OCH3 is 1. The van der Waals surface area contributed by atoms with Gasteiger partial charge in [0.25, 0.3) is 5.91 Å². The summed E-state index contributed by atoms with van der Waals surface area (Å²) in [5, 5.41) is 7.73. The number of nitrogens with zero attached hydrogens (tertiary/aromatic N) is 2. The number of halogens is 1. The quantitative estimate of drug-likeness (QED) is 0.676. The van der Waals surface area contributed by atoms with E-state index >= 15 is 0 Å². The number of carbonyl (C=O) groups is 1. The highest BCUT2D eigenvalue weighted by Crippen LogP contribution is 2.29. The van der Waals surface area contributed by atoms with Crippen molar-refractivity contribution in [2.75, 3.05) is 7.11 Å². The summed E-state index contributed by atoms with van der Waals surface area (Å²) in [4.78, 5) is 13.1. The summed E-state index contributed by atoms with van der Waals surface area (Å²) in [6.07, 6.45) is 3.45. The minimum atomic E-state index is -0.291. The summed E-state index contributed by atoms with van der Waals surface area (Å²) < 4.78 is 20.3. The van der Waals surface area contributed by atoms with Gasteiger partial charge in [0.2, 0.25) is 0 Å². The lowest BCUT2D eigenvalue weighted by Gasteiger charge is -2.17. The van der Waals surface area contributed by atoms with E-state index in [0.717, 1.165) is 53.9 Å². The molecule has 29 heavy (non-hydrogen) atoms. The zero-order valence-corrected chi connectivity index (χ0v) is 16.6. The number of rotatable bonds is 6. The third kappa shape index (κ3) is 3.75. The number of amides is 1. The third-order valence-electron chi connectivity index (χ3n) is 5.45. The van der Waals surface area contributed by atoms with Crippen molar-refractivity contribution in [1.82, 2.24) is 15.1 Å². The van der Waals surface area contributed by atoms with Crippen LogP contribution in [0.25, 0.3) is 5.69 Å². The van der Waals surface area contributed by atoms with Gasteiger partial charge in [0.15, 0.2) is 5.69 Å². The number of carbonyl (C=O) groups excluding carboxylic acids is 1. The Balaban J connectivity index is 1.61. The largest absolute Gasteiger partial charge is 0.497 e. The summed E-state index contributed by atoms with van der Waals surface area (Å²) in [5.41, 5.74) is 4.30. The lowest BCUT2D eigenvalue weighted by molar-refractivity contribution is 0.0929. The smallest absolute Gasteiger partial charge is 0.272 e. The molecule has 1 aliphatic carbocycles. The zero-order chi connectivity index (χ0) is 20.4. The van der Waals surface area contributed by atoms with Gasteiger partial charge in [-0.2, -0.15) is 5.10 Å². The Morgan fingerprint density at radius 3 is 2.55 bits per heavy atom. The maximum atomic E-state index is 13.3. The van der Waals surface area contributed by atoms with Crippen molar-refractivity contribution in [2.24, 2.45) is 0 Å². The molecule has 1 heterocycles. The molecule has 0 saturated carbocycles. The average molecular weight is 393 g/mol. The van der Waals surface area contributed by atoms with Crippen LogP contribution in [0, 0.1) is 5.82 Å². The summed E-state index contributed by atoms with van der Waals surface area (Å²) in [6.45, 7) is 2.04. The summed E-state index contributed by atoms with van der Waals surface area (Å²) in [5.74, 6) is 0.318. The SMILES string of the molecule is CCC(NC(=O)c1nn(-c2ccc(F)cc2)c2c1CCC2)c1ccc(OC)cc1. The molecular formula is C23H24FN3O2. The van der Waals surface area contributed by atoms with Crippen LogP contribution in [0.2, 0.25) is 0 Å². The molecule has 1 aliphatic rings. The molecule has 0 aliphatic heterocycles. The second-order valence-corrected chi connectivity index (χ2v) is 7.22. The molecule has 6 heteroatoms. The van der Waals surface area contributed by atoms with Crippen molar-refractivity contribution in [3.05, 3.63) is 76.9 Å². The summed E-state index contributed by atoms with van der Waals surface area (Å²) >= 11 is 0. The molecule has 2 aromatic carbocycles. The van der Waals surface area contributed by atoms with Crippen molar-refractivity contribution in [1.29, 1.82) is 0 Å². The van der Waals surface area contributed by atoms with Crippen LogP contribution in [0.15, 0.2) is 48.5 Å². The van der Waals surface area contributed by atoms with Gasteiger partial charge in [0, 0.05) is 11.3 Å². The minimum Gasteiger partial charge on any atom is -0.497 e. The fraction of sp³-hybridized carbons (Fsp3) is 0.304. The van der Waals surface area contributed by atoms with Crippen LogP contribution in [0.3, 0.4) is 0 Å². The fourth-order valence-electron chi connectivity index (χ4n) is 3.90. The van der Waals surface area contributed by atoms with Crippen LogP contribution < -0.4 is 10.1 Å². The monoisotopic (exact) mass is 393 g/mol. The van der Waals surface area contributed by atoms with Gasteiger partial charge in [-0.25, -0.2) is 9.07 Å². The molecule has 5 nitrogen and oxygen atoms in total. The van der Waals surface area contributed by atoms with Crippen molar-refractivity contribution < 1.29 is 13.9 Å². The predicted molar refractivity (Wildman–Crippen MR) is 109 cm³/mol. The minimum absolute atomic E-state index is 0.110. The highest BCUT2D eigenvalue weighted by atomic mass is 19.1. The molecule has 1 atom stereocenters. The van der Waals surface area contributed by atoms with Crippen LogP contribution in [0.5, 0.6) is 5.75 Å². The van der Waals surface area contributed by atoms with Gasteiger partial charge in [0.1, 0.15) is 11.6 Å². The summed E-state index contributed by atoms with van der Waals surface area (Å²) in [6, 6.07) is 13.8. The lowest BCUT2D eigenvalue weighted by atomic mass is 10.0. The van der Waals surface area contributed by atoms with Crippen LogP contribution in [0.1, 0.15) is 53.1 Å². The number of hydrogen-bond donors (Lipinski definition) is 1. The molecule has 4 rings (SSSR count). The number of ether oxygens (including phenoxy) is 1. The number of nitrogens with one attached hydrogen (secondary N) is 1. The van der Waals surface area contributed by atoms with E-state index in [9.17, 15) is 9.18 Å². The van der Waals surface area contributed by atoms with E-state index in [2.05, 4.69) is 10.4 Å². The molecule has 1 N–H and O–H groups in total. The van der Waals surface area contributed by atoms with E-state index < -0.39 is 0 Å². The number of aromatic nitrogens is 2. The van der Waals surface area contributed by atoms with Gasteiger partial charge in [-0.1, -0.05) is 19.1 Å². The Morgan fingerprint density at radius 1 is 1.17 bits per heavy atom. The average Bonchev–Trinajstić information content (AvgIpc) is 3.35. The van der Waals surface area contributed by atoms with Crippen LogP contribution in [-0.4, -0.2) is 22.8 Å². The van der Waals surface area contributed by atoms with Crippen molar-refractivity contribution >= 4 is 5.91 Å². The van der Waals surface area contributed by atoms with Crippen LogP contribution in [-0.2, 0) is 12.8 Å². The molecule has 1 aromatic heterocycles. The molecule has 150 valence electrons. The summed E-state index contributed by atoms with van der Waals surface area (Å²) in [7, 11) is 1.63. The lowest BCUT2D eigenvalue weighted by Crippen LogP contribution is -2.29. The highest BCUT2D eigenvalue weighted by Gasteiger charge is 2.28. The topological polar surface area (TPSA) is 56.2 Å². The first-order valence-electron chi connectivity index (χ1n) is 9.92. The molecule has 1 unspecified atom stereocenters. The van der Waals surface area contributed by atoms with E-state index in [1.54, 1.807) is 23.9 Å². The Labute approximate surface area is 169 Å². The Hall–Kier alpha value is -3.15. The van der Waals surface area contributed by atoms with Gasteiger partial charge in [-0.15, -0.1) is 0 Å². The molecule has 0 bridgehead atoms. The first-order chi connectivity index (χ1) is 14.1. The van der Waals surface area contributed by atoms with Gasteiger partial charge in [-0.3, -0.25) is 4.79 Å². The second kappa shape index (κ2) is 8.07. The predicted octanol–water partition coefficient (Wildman–Crippen LogP) is 4.39. The van der Waals surface area contributed by atoms with Crippen LogP contribution >= 0.6 is 0 Å². The molecule has 0 radical (unpaired) electrons. The number of benzene rings is 2. The molecule has 0 fully saturated rings. The first kappa shape index (κ1) is 19.2. The standard InChI is InChI=1S/C23H24FN3O2/c1-3-20(15-7-13-18(29-2)14-8-15)25-23(28)22-19-5-4-6-21(19)27(26-22)17-11-9-16(24)10-12-17/h7-14,20H,3-6H2,1-2H3,(H,25,28). The van der Waals surface area contributed by atoms with E-state index in [-0.39, 0.29) is 17.8 Å². The third-order valence-corrected chi connectivity index (χ3v) is 5.45. The van der Waals surface area contributed by atoms with Crippen molar-refractivity contribution in [3.63, 3.8) is 0 Å². The van der Waals surface area contributed by atoms with Gasteiger partial charge < -0.3 is 10.1 Å². The van der Waals surface area contributed by atoms with Gasteiger partial charge in [0.05, 0.1) is 18.8 Å². The molecule has 0 saturated heterocycles. The van der Waals surface area contributed by atoms with Gasteiger partial charge >= 0.3 is 0 Å². The first-order valence-corrected chi connectivity index (χ1v) is 9.92. The second-order valence-electron chi connectivity index (χ2n) is 7.22. The normalized spacial score (nSPS) is 13.8. The maximum Gasteiger partial charge on any atom is 0.272 e. The van der Waals surface area contributed by atoms with E-state index in [0.29, 0.717) is 5.69 Å². The molecule has 3 aromatic rings. The van der Waals surface area contributed by atoms with E-state index in [1.807, 2.05) is 31.2 Å². The van der Waals surface area contributed by atoms with Crippen molar-refractivity contribution in [3.8, 4) is 11.4 Å². The zero-order valence-electron chi connectivity index (χ0n) is 16.6. The maximum absolute atomic E-state index is 13.3. The molecule has 1 amide bonds. The molecular weight excluding hydrogens is 369 g/mol. The number of hydrogen-bond acceptors (Lipinski definition) is 3. The van der Waals surface area contributed by atoms with Crippen LogP contribution in [0.4, 0.5) is 4.39 Å².